The number of nitrogens with zero attached hydrogens (tertiary/aromatic N) is 2. The smallest absolute Gasteiger partial charge is 0.239 e. The molecule has 2 amide bonds. The molecule has 0 aromatic carbocycles. The van der Waals surface area contributed by atoms with E-state index in [1.807, 2.05) is 6.92 Å². The van der Waals surface area contributed by atoms with Crippen molar-refractivity contribution in [3.63, 3.8) is 0 Å². The predicted molar refractivity (Wildman–Crippen MR) is 96.6 cm³/mol. The third-order valence-electron chi connectivity index (χ3n) is 5.54. The summed E-state index contributed by atoms with van der Waals surface area (Å²) >= 11 is 0. The van der Waals surface area contributed by atoms with Crippen LogP contribution >= 0.6 is 0 Å². The van der Waals surface area contributed by atoms with E-state index in [2.05, 4.69) is 35.9 Å². The molecule has 0 aromatic heterocycles. The van der Waals surface area contributed by atoms with Crippen LogP contribution in [0.5, 0.6) is 0 Å². The van der Waals surface area contributed by atoms with Crippen LogP contribution in [0, 0.1) is 17.8 Å². The van der Waals surface area contributed by atoms with E-state index >= 15 is 0 Å². The first kappa shape index (κ1) is 19.2. The van der Waals surface area contributed by atoms with Crippen molar-refractivity contribution in [2.45, 2.75) is 59.4 Å². The number of piperidine rings is 2. The zero-order valence-electron chi connectivity index (χ0n) is 15.9. The Hall–Kier alpha value is -1.10. The Balaban J connectivity index is 1.82. The zero-order chi connectivity index (χ0) is 17.7. The van der Waals surface area contributed by atoms with Crippen LogP contribution in [-0.2, 0) is 9.59 Å². The third kappa shape index (κ3) is 4.95. The largest absolute Gasteiger partial charge is 0.356 e. The molecule has 3 unspecified atom stereocenters. The van der Waals surface area contributed by atoms with Crippen molar-refractivity contribution in [1.29, 1.82) is 0 Å². The Morgan fingerprint density at radius 3 is 2.25 bits per heavy atom. The highest BCUT2D eigenvalue weighted by Crippen LogP contribution is 2.24. The predicted octanol–water partition coefficient (Wildman–Crippen LogP) is 2.12. The fourth-order valence-corrected chi connectivity index (χ4v) is 4.20. The van der Waals surface area contributed by atoms with E-state index in [4.69, 9.17) is 0 Å². The van der Waals surface area contributed by atoms with Crippen LogP contribution in [0.1, 0.15) is 53.4 Å². The number of nitrogens with one attached hydrogen (secondary N) is 1. The molecule has 0 saturated carbocycles. The van der Waals surface area contributed by atoms with Gasteiger partial charge in [0.2, 0.25) is 11.8 Å². The van der Waals surface area contributed by atoms with E-state index < -0.39 is 0 Å². The number of rotatable bonds is 5. The molecule has 1 N–H and O–H groups in total. The Morgan fingerprint density at radius 1 is 1.12 bits per heavy atom. The fourth-order valence-electron chi connectivity index (χ4n) is 4.20. The summed E-state index contributed by atoms with van der Waals surface area (Å²) in [7, 11) is 0. The highest BCUT2D eigenvalue weighted by molar-refractivity contribution is 5.82. The minimum atomic E-state index is -0.0675. The van der Waals surface area contributed by atoms with Crippen molar-refractivity contribution in [2.75, 3.05) is 32.7 Å². The summed E-state index contributed by atoms with van der Waals surface area (Å²) in [5.74, 6) is 1.76. The molecule has 5 heteroatoms. The van der Waals surface area contributed by atoms with Gasteiger partial charge in [0, 0.05) is 25.6 Å². The van der Waals surface area contributed by atoms with Crippen molar-refractivity contribution in [3.05, 3.63) is 0 Å². The Kier molecular flexibility index (Phi) is 7.08. The van der Waals surface area contributed by atoms with E-state index in [0.29, 0.717) is 11.8 Å². The van der Waals surface area contributed by atoms with Gasteiger partial charge >= 0.3 is 0 Å². The van der Waals surface area contributed by atoms with E-state index in [0.717, 1.165) is 52.0 Å². The number of hydrogen-bond donors (Lipinski definition) is 1. The maximum absolute atomic E-state index is 12.9. The summed E-state index contributed by atoms with van der Waals surface area (Å²) in [6.45, 7) is 12.8. The molecule has 2 rings (SSSR count). The summed E-state index contributed by atoms with van der Waals surface area (Å²) in [6.07, 6.45) is 3.92. The number of hydrogen-bond acceptors (Lipinski definition) is 3. The first-order valence-electron chi connectivity index (χ1n) is 9.72. The van der Waals surface area contributed by atoms with E-state index in [1.54, 1.807) is 0 Å². The van der Waals surface area contributed by atoms with E-state index in [-0.39, 0.29) is 23.8 Å². The normalized spacial score (nSPS) is 27.8. The molecule has 5 nitrogen and oxygen atoms in total. The summed E-state index contributed by atoms with van der Waals surface area (Å²) in [5, 5.41) is 3.00. The van der Waals surface area contributed by atoms with E-state index in [1.165, 1.54) is 6.42 Å². The summed E-state index contributed by atoms with van der Waals surface area (Å²) in [4.78, 5) is 29.3. The van der Waals surface area contributed by atoms with Gasteiger partial charge in [-0.15, -0.1) is 0 Å². The maximum Gasteiger partial charge on any atom is 0.239 e. The zero-order valence-corrected chi connectivity index (χ0v) is 15.9. The average Bonchev–Trinajstić information content (AvgIpc) is 2.57. The van der Waals surface area contributed by atoms with Gasteiger partial charge in [-0.25, -0.2) is 0 Å². The third-order valence-corrected chi connectivity index (χ3v) is 5.54. The lowest BCUT2D eigenvalue weighted by Gasteiger charge is -2.40. The van der Waals surface area contributed by atoms with Crippen LogP contribution in [0.2, 0.25) is 0 Å². The van der Waals surface area contributed by atoms with Crippen molar-refractivity contribution >= 4 is 11.8 Å². The van der Waals surface area contributed by atoms with Crippen LogP contribution in [0.4, 0.5) is 0 Å². The lowest BCUT2D eigenvalue weighted by Crippen LogP contribution is -2.53. The molecular weight excluding hydrogens is 302 g/mol. The highest BCUT2D eigenvalue weighted by Gasteiger charge is 2.33. The quantitative estimate of drug-likeness (QED) is 0.836. The number of amides is 2. The van der Waals surface area contributed by atoms with Crippen molar-refractivity contribution in [1.82, 2.24) is 15.1 Å². The maximum atomic E-state index is 12.9. The Morgan fingerprint density at radius 2 is 1.71 bits per heavy atom. The molecule has 2 fully saturated rings. The van der Waals surface area contributed by atoms with Crippen molar-refractivity contribution in [3.8, 4) is 0 Å². The van der Waals surface area contributed by atoms with Gasteiger partial charge in [0.25, 0.3) is 0 Å². The van der Waals surface area contributed by atoms with E-state index in [9.17, 15) is 9.59 Å². The van der Waals surface area contributed by atoms with Gasteiger partial charge in [-0.3, -0.25) is 14.5 Å². The molecule has 2 heterocycles. The Labute approximate surface area is 147 Å². The molecule has 3 atom stereocenters. The fraction of sp³-hybridized carbons (Fsp3) is 0.895. The molecule has 0 spiro atoms. The molecule has 138 valence electrons. The second kappa shape index (κ2) is 8.84. The lowest BCUT2D eigenvalue weighted by molar-refractivity contribution is -0.140. The molecule has 0 aliphatic carbocycles. The minimum Gasteiger partial charge on any atom is -0.356 e. The first-order chi connectivity index (χ1) is 11.4. The van der Waals surface area contributed by atoms with Crippen molar-refractivity contribution in [2.24, 2.45) is 17.8 Å². The Bertz CT molecular complexity index is 422. The lowest BCUT2D eigenvalue weighted by atomic mass is 9.91. The van der Waals surface area contributed by atoms with Crippen LogP contribution in [0.25, 0.3) is 0 Å². The van der Waals surface area contributed by atoms with Crippen LogP contribution < -0.4 is 5.32 Å². The van der Waals surface area contributed by atoms with Crippen molar-refractivity contribution < 1.29 is 9.59 Å². The molecular formula is C19H35N3O2. The van der Waals surface area contributed by atoms with Gasteiger partial charge in [-0.1, -0.05) is 20.8 Å². The van der Waals surface area contributed by atoms with Gasteiger partial charge in [-0.05, 0) is 57.5 Å². The molecule has 0 radical (unpaired) electrons. The molecule has 2 aliphatic heterocycles. The molecule has 24 heavy (non-hydrogen) atoms. The minimum absolute atomic E-state index is 0.0675. The molecule has 0 bridgehead atoms. The van der Waals surface area contributed by atoms with Gasteiger partial charge in [0.15, 0.2) is 0 Å². The van der Waals surface area contributed by atoms with Gasteiger partial charge < -0.3 is 10.2 Å². The van der Waals surface area contributed by atoms with Gasteiger partial charge in [0.05, 0.1) is 6.04 Å². The molecule has 0 aromatic rings. The number of likely N-dealkylation sites (tertiary alicyclic amines) is 2. The SMILES string of the molecule is CCCNC(=O)C1CCN(C(C)C(=O)N2CC(C)CC(C)C2)CC1. The van der Waals surface area contributed by atoms with Gasteiger partial charge in [0.1, 0.15) is 0 Å². The number of carbonyl (C=O) groups is 2. The van der Waals surface area contributed by atoms with Crippen LogP contribution in [0.15, 0.2) is 0 Å². The monoisotopic (exact) mass is 337 g/mol. The second-order valence-electron chi connectivity index (χ2n) is 7.97. The standard InChI is InChI=1S/C19H35N3O2/c1-5-8-20-18(23)17-6-9-21(10-7-17)16(4)19(24)22-12-14(2)11-15(3)13-22/h14-17H,5-13H2,1-4H3,(H,20,23). The second-order valence-corrected chi connectivity index (χ2v) is 7.97. The summed E-state index contributed by atoms with van der Waals surface area (Å²) in [5.41, 5.74) is 0. The molecule has 2 aliphatic rings. The highest BCUT2D eigenvalue weighted by atomic mass is 16.2. The summed E-state index contributed by atoms with van der Waals surface area (Å²) < 4.78 is 0. The number of carbonyl (C=O) groups excluding carboxylic acids is 2. The van der Waals surface area contributed by atoms with Gasteiger partial charge in [-0.2, -0.15) is 0 Å². The summed E-state index contributed by atoms with van der Waals surface area (Å²) in [6, 6.07) is -0.0675. The van der Waals surface area contributed by atoms with Crippen LogP contribution in [-0.4, -0.2) is 60.4 Å². The first-order valence-corrected chi connectivity index (χ1v) is 9.72. The average molecular weight is 338 g/mol. The van der Waals surface area contributed by atoms with Crippen LogP contribution in [0.3, 0.4) is 0 Å². The molecule has 2 saturated heterocycles. The topological polar surface area (TPSA) is 52.7 Å².